The summed E-state index contributed by atoms with van der Waals surface area (Å²) in [4.78, 5) is 36.8. The Morgan fingerprint density at radius 1 is 0.724 bits per heavy atom. The van der Waals surface area contributed by atoms with Crippen molar-refractivity contribution < 1.29 is 18.8 Å². The molecule has 29 heavy (non-hydrogen) atoms. The molecule has 0 fully saturated rings. The second kappa shape index (κ2) is 9.27. The Kier molecular flexibility index (Phi) is 6.32. The Balaban J connectivity index is 1.61. The number of carbonyl (C=O) groups excluding carboxylic acids is 3. The lowest BCUT2D eigenvalue weighted by atomic mass is 10.1. The fourth-order valence-corrected chi connectivity index (χ4v) is 2.60. The summed E-state index contributed by atoms with van der Waals surface area (Å²) >= 11 is 0. The largest absolute Gasteiger partial charge is 0.321 e. The molecule has 146 valence electrons. The van der Waals surface area contributed by atoms with Crippen LogP contribution in [0, 0.1) is 5.82 Å². The van der Waals surface area contributed by atoms with Gasteiger partial charge in [0.05, 0.1) is 17.7 Å². The second-order valence-corrected chi connectivity index (χ2v) is 6.17. The van der Waals surface area contributed by atoms with E-state index in [1.807, 2.05) is 0 Å². The van der Waals surface area contributed by atoms with E-state index < -0.39 is 17.6 Å². The fourth-order valence-electron chi connectivity index (χ4n) is 2.60. The Labute approximate surface area is 166 Å². The Bertz CT molecular complexity index is 1020. The highest BCUT2D eigenvalue weighted by Crippen LogP contribution is 2.16. The van der Waals surface area contributed by atoms with Crippen LogP contribution in [0.2, 0.25) is 0 Å². The summed E-state index contributed by atoms with van der Waals surface area (Å²) in [6.45, 7) is 0. The van der Waals surface area contributed by atoms with E-state index in [-0.39, 0.29) is 17.9 Å². The van der Waals surface area contributed by atoms with E-state index in [9.17, 15) is 18.8 Å². The van der Waals surface area contributed by atoms with Crippen LogP contribution in [0.25, 0.3) is 0 Å². The maximum absolute atomic E-state index is 12.9. The molecule has 3 amide bonds. The first kappa shape index (κ1) is 19.8. The molecule has 0 atom stereocenters. The van der Waals surface area contributed by atoms with Crippen LogP contribution in [0.4, 0.5) is 10.1 Å². The molecule has 0 bridgehead atoms. The maximum Gasteiger partial charge on any atom is 0.271 e. The van der Waals surface area contributed by atoms with Crippen molar-refractivity contribution in [2.24, 2.45) is 0 Å². The van der Waals surface area contributed by atoms with Crippen LogP contribution >= 0.6 is 0 Å². The van der Waals surface area contributed by atoms with Gasteiger partial charge in [0, 0.05) is 5.56 Å². The maximum atomic E-state index is 12.9. The molecular formula is C22H18FN3O3. The van der Waals surface area contributed by atoms with Gasteiger partial charge in [-0.3, -0.25) is 25.2 Å². The number of anilines is 1. The SMILES string of the molecule is O=C(Cc1ccc(F)cc1)NNC(=O)c1ccccc1NC(=O)c1ccccc1. The summed E-state index contributed by atoms with van der Waals surface area (Å²) in [6.07, 6.45) is -0.0209. The lowest BCUT2D eigenvalue weighted by molar-refractivity contribution is -0.121. The van der Waals surface area contributed by atoms with Crippen molar-refractivity contribution in [3.8, 4) is 0 Å². The lowest BCUT2D eigenvalue weighted by Crippen LogP contribution is -2.42. The topological polar surface area (TPSA) is 87.3 Å². The minimum Gasteiger partial charge on any atom is -0.321 e. The third-order valence-corrected chi connectivity index (χ3v) is 4.05. The third-order valence-electron chi connectivity index (χ3n) is 4.05. The highest BCUT2D eigenvalue weighted by Gasteiger charge is 2.14. The summed E-state index contributed by atoms with van der Waals surface area (Å²) in [5.74, 6) is -1.79. The molecule has 0 aliphatic heterocycles. The predicted octanol–water partition coefficient (Wildman–Crippen LogP) is 3.08. The van der Waals surface area contributed by atoms with Crippen LogP contribution in [0.5, 0.6) is 0 Å². The van der Waals surface area contributed by atoms with Crippen molar-refractivity contribution in [3.63, 3.8) is 0 Å². The van der Waals surface area contributed by atoms with Gasteiger partial charge in [0.25, 0.3) is 11.8 Å². The van der Waals surface area contributed by atoms with Crippen molar-refractivity contribution in [2.75, 3.05) is 5.32 Å². The van der Waals surface area contributed by atoms with Crippen LogP contribution < -0.4 is 16.2 Å². The number of para-hydroxylation sites is 1. The van der Waals surface area contributed by atoms with Crippen LogP contribution in [-0.2, 0) is 11.2 Å². The number of rotatable bonds is 5. The van der Waals surface area contributed by atoms with Gasteiger partial charge in [0.2, 0.25) is 5.91 Å². The first-order valence-electron chi connectivity index (χ1n) is 8.82. The molecule has 0 saturated carbocycles. The Morgan fingerprint density at radius 3 is 2.10 bits per heavy atom. The van der Waals surface area contributed by atoms with Gasteiger partial charge in [-0.25, -0.2) is 4.39 Å². The van der Waals surface area contributed by atoms with Crippen molar-refractivity contribution >= 4 is 23.4 Å². The molecule has 3 N–H and O–H groups in total. The van der Waals surface area contributed by atoms with E-state index in [2.05, 4.69) is 16.2 Å². The number of hydrogen-bond donors (Lipinski definition) is 3. The van der Waals surface area contributed by atoms with E-state index in [0.29, 0.717) is 16.8 Å². The fraction of sp³-hybridized carbons (Fsp3) is 0.0455. The monoisotopic (exact) mass is 391 g/mol. The number of halogens is 1. The summed E-state index contributed by atoms with van der Waals surface area (Å²) in [7, 11) is 0. The van der Waals surface area contributed by atoms with Crippen LogP contribution in [-0.4, -0.2) is 17.7 Å². The zero-order valence-electron chi connectivity index (χ0n) is 15.3. The minimum absolute atomic E-state index is 0.0209. The van der Waals surface area contributed by atoms with Crippen LogP contribution in [0.3, 0.4) is 0 Å². The summed E-state index contributed by atoms with van der Waals surface area (Å²) in [5, 5.41) is 2.69. The van der Waals surface area contributed by atoms with Crippen molar-refractivity contribution in [3.05, 3.63) is 101 Å². The van der Waals surface area contributed by atoms with Crippen LogP contribution in [0.15, 0.2) is 78.9 Å². The van der Waals surface area contributed by atoms with Gasteiger partial charge in [-0.1, -0.05) is 42.5 Å². The molecule has 3 aromatic rings. The molecule has 0 heterocycles. The minimum atomic E-state index is -0.582. The van der Waals surface area contributed by atoms with Crippen molar-refractivity contribution in [1.82, 2.24) is 10.9 Å². The molecule has 0 aliphatic carbocycles. The zero-order chi connectivity index (χ0) is 20.6. The van der Waals surface area contributed by atoms with Gasteiger partial charge in [0.15, 0.2) is 0 Å². The molecule has 0 aliphatic rings. The van der Waals surface area contributed by atoms with E-state index in [1.165, 1.54) is 30.3 Å². The highest BCUT2D eigenvalue weighted by molar-refractivity contribution is 6.09. The zero-order valence-corrected chi connectivity index (χ0v) is 15.3. The van der Waals surface area contributed by atoms with E-state index in [1.54, 1.807) is 48.5 Å². The third kappa shape index (κ3) is 5.49. The number of hydrazine groups is 1. The average molecular weight is 391 g/mol. The average Bonchev–Trinajstić information content (AvgIpc) is 2.74. The molecule has 0 radical (unpaired) electrons. The molecule has 0 aromatic heterocycles. The van der Waals surface area contributed by atoms with Gasteiger partial charge in [-0.2, -0.15) is 0 Å². The highest BCUT2D eigenvalue weighted by atomic mass is 19.1. The molecule has 6 nitrogen and oxygen atoms in total. The molecule has 0 unspecified atom stereocenters. The molecule has 3 aromatic carbocycles. The molecule has 3 rings (SSSR count). The molecule has 7 heteroatoms. The standard InChI is InChI=1S/C22H18FN3O3/c23-17-12-10-15(11-13-17)14-20(27)25-26-22(29)18-8-4-5-9-19(18)24-21(28)16-6-2-1-3-7-16/h1-13H,14H2,(H,24,28)(H,25,27)(H,26,29). The van der Waals surface area contributed by atoms with Crippen molar-refractivity contribution in [2.45, 2.75) is 6.42 Å². The normalized spacial score (nSPS) is 10.1. The van der Waals surface area contributed by atoms with E-state index in [4.69, 9.17) is 0 Å². The van der Waals surface area contributed by atoms with Gasteiger partial charge >= 0.3 is 0 Å². The number of hydrogen-bond acceptors (Lipinski definition) is 3. The first-order chi connectivity index (χ1) is 14.0. The number of amides is 3. The number of carbonyl (C=O) groups is 3. The van der Waals surface area contributed by atoms with Gasteiger partial charge in [0.1, 0.15) is 5.82 Å². The summed E-state index contributed by atoms with van der Waals surface area (Å²) < 4.78 is 12.9. The summed E-state index contributed by atoms with van der Waals surface area (Å²) in [5.41, 5.74) is 6.20. The van der Waals surface area contributed by atoms with Gasteiger partial charge < -0.3 is 5.32 Å². The predicted molar refractivity (Wildman–Crippen MR) is 107 cm³/mol. The molecular weight excluding hydrogens is 373 g/mol. The Hall–Kier alpha value is -4.00. The first-order valence-corrected chi connectivity index (χ1v) is 8.82. The summed E-state index contributed by atoms with van der Waals surface area (Å²) in [6, 6.07) is 20.6. The van der Waals surface area contributed by atoms with E-state index >= 15 is 0 Å². The van der Waals surface area contributed by atoms with Crippen molar-refractivity contribution in [1.29, 1.82) is 0 Å². The smallest absolute Gasteiger partial charge is 0.271 e. The number of benzene rings is 3. The van der Waals surface area contributed by atoms with Gasteiger partial charge in [-0.05, 0) is 42.0 Å². The number of nitrogens with one attached hydrogen (secondary N) is 3. The quantitative estimate of drug-likeness (QED) is 0.584. The second-order valence-electron chi connectivity index (χ2n) is 6.17. The van der Waals surface area contributed by atoms with Gasteiger partial charge in [-0.15, -0.1) is 0 Å². The van der Waals surface area contributed by atoms with E-state index in [0.717, 1.165) is 0 Å². The van der Waals surface area contributed by atoms with Crippen LogP contribution in [0.1, 0.15) is 26.3 Å². The lowest BCUT2D eigenvalue weighted by Gasteiger charge is -2.12. The molecule has 0 spiro atoms. The molecule has 0 saturated heterocycles. The Morgan fingerprint density at radius 2 is 1.38 bits per heavy atom.